The Morgan fingerprint density at radius 2 is 1.32 bits per heavy atom. The Morgan fingerprint density at radius 1 is 0.880 bits per heavy atom. The highest BCUT2D eigenvalue weighted by Gasteiger charge is 2.16. The van der Waals surface area contributed by atoms with Gasteiger partial charge in [-0.05, 0) is 26.3 Å². The van der Waals surface area contributed by atoms with Crippen LogP contribution in [0.3, 0.4) is 0 Å². The Bertz CT molecular complexity index is 381. The molecule has 0 saturated carbocycles. The second-order valence-electron chi connectivity index (χ2n) is 4.96. The first-order chi connectivity index (χ1) is 11.4. The van der Waals surface area contributed by atoms with Gasteiger partial charge in [0.25, 0.3) is 0 Å². The molecule has 0 spiro atoms. The van der Waals surface area contributed by atoms with Gasteiger partial charge in [-0.1, -0.05) is 6.42 Å². The fraction of sp³-hybridized carbons (Fsp3) is 0.769. The molecule has 13 N–H and O–H groups in total. The predicted octanol–water partition coefficient (Wildman–Crippen LogP) is -3.30. The molecule has 4 atom stereocenters. The Kier molecular flexibility index (Phi) is 19.0. The van der Waals surface area contributed by atoms with E-state index in [1.807, 2.05) is 0 Å². The van der Waals surface area contributed by atoms with Gasteiger partial charge in [0.1, 0.15) is 18.1 Å². The number of carboxylic acids is 3. The number of unbranched alkanes of at least 4 members (excludes halogenated alkanes) is 1. The van der Waals surface area contributed by atoms with Crippen LogP contribution in [0.25, 0.3) is 0 Å². The fourth-order valence-corrected chi connectivity index (χ4v) is 0.916. The summed E-state index contributed by atoms with van der Waals surface area (Å²) in [5.41, 5.74) is 20.1. The molecule has 0 aliphatic heterocycles. The van der Waals surface area contributed by atoms with E-state index in [9.17, 15) is 14.4 Å². The van der Waals surface area contributed by atoms with E-state index in [1.165, 1.54) is 6.92 Å². The molecule has 25 heavy (non-hydrogen) atoms. The van der Waals surface area contributed by atoms with E-state index in [-0.39, 0.29) is 0 Å². The van der Waals surface area contributed by atoms with E-state index in [1.54, 1.807) is 0 Å². The van der Waals surface area contributed by atoms with Gasteiger partial charge in [0, 0.05) is 0 Å². The van der Waals surface area contributed by atoms with Crippen molar-refractivity contribution in [3.8, 4) is 0 Å². The number of aliphatic carboxylic acids is 3. The molecule has 0 radical (unpaired) electrons. The molecule has 0 aromatic carbocycles. The zero-order chi connectivity index (χ0) is 20.6. The van der Waals surface area contributed by atoms with Gasteiger partial charge in [-0.25, -0.2) is 0 Å². The lowest BCUT2D eigenvalue weighted by atomic mass is 10.1. The molecule has 0 aliphatic rings. The Balaban J connectivity index is -0.000000296. The van der Waals surface area contributed by atoms with Gasteiger partial charge in [0.05, 0.1) is 12.7 Å². The zero-order valence-electron chi connectivity index (χ0n) is 14.1. The Hall–Kier alpha value is -1.83. The molecule has 0 fully saturated rings. The van der Waals surface area contributed by atoms with Crippen molar-refractivity contribution >= 4 is 17.9 Å². The number of hydrogen-bond acceptors (Lipinski definition) is 9. The molecular formula is C13H30N4O8. The van der Waals surface area contributed by atoms with Crippen LogP contribution in [0.1, 0.15) is 26.2 Å². The molecule has 0 saturated heterocycles. The lowest BCUT2D eigenvalue weighted by molar-refractivity contribution is -0.141. The zero-order valence-corrected chi connectivity index (χ0v) is 14.1. The average molecular weight is 370 g/mol. The minimum Gasteiger partial charge on any atom is -0.480 e. The second-order valence-corrected chi connectivity index (χ2v) is 4.96. The number of carboxylic acid groups (broad SMARTS) is 3. The number of aliphatic hydroxyl groups excluding tert-OH is 2. The van der Waals surface area contributed by atoms with Crippen LogP contribution in [0.5, 0.6) is 0 Å². The maximum atomic E-state index is 10.1. The third-order valence-electron chi connectivity index (χ3n) is 2.61. The quantitative estimate of drug-likeness (QED) is 0.181. The topological polar surface area (TPSA) is 256 Å². The van der Waals surface area contributed by atoms with Gasteiger partial charge in [-0.3, -0.25) is 14.4 Å². The summed E-state index contributed by atoms with van der Waals surface area (Å²) in [6, 6.07) is -3.00. The van der Waals surface area contributed by atoms with E-state index in [0.717, 1.165) is 12.8 Å². The number of hydrogen-bond donors (Lipinski definition) is 9. The van der Waals surface area contributed by atoms with Crippen LogP contribution in [0.2, 0.25) is 0 Å². The van der Waals surface area contributed by atoms with Gasteiger partial charge in [0.2, 0.25) is 0 Å². The highest BCUT2D eigenvalue weighted by atomic mass is 16.4. The normalized spacial score (nSPS) is 14.5. The molecule has 0 aliphatic carbocycles. The van der Waals surface area contributed by atoms with Crippen molar-refractivity contribution in [3.05, 3.63) is 0 Å². The van der Waals surface area contributed by atoms with E-state index >= 15 is 0 Å². The lowest BCUT2D eigenvalue weighted by Gasteiger charge is -2.06. The molecular weight excluding hydrogens is 340 g/mol. The Labute approximate surface area is 145 Å². The number of rotatable bonds is 9. The number of carbonyl (C=O) groups is 3. The predicted molar refractivity (Wildman–Crippen MR) is 88.5 cm³/mol. The summed E-state index contributed by atoms with van der Waals surface area (Å²) in [6.45, 7) is 1.43. The molecule has 12 nitrogen and oxygen atoms in total. The molecule has 0 aromatic rings. The molecule has 0 bridgehead atoms. The highest BCUT2D eigenvalue weighted by molar-refractivity contribution is 5.74. The van der Waals surface area contributed by atoms with Crippen LogP contribution in [0.15, 0.2) is 0 Å². The van der Waals surface area contributed by atoms with Crippen LogP contribution >= 0.6 is 0 Å². The van der Waals surface area contributed by atoms with E-state index in [0.29, 0.717) is 13.0 Å². The summed E-state index contributed by atoms with van der Waals surface area (Å²) in [7, 11) is 0. The summed E-state index contributed by atoms with van der Waals surface area (Å²) in [4.78, 5) is 29.6. The van der Waals surface area contributed by atoms with Gasteiger partial charge in [-0.15, -0.1) is 0 Å². The summed E-state index contributed by atoms with van der Waals surface area (Å²) < 4.78 is 0. The minimum atomic E-state index is -1.18. The van der Waals surface area contributed by atoms with Crippen LogP contribution in [0.4, 0.5) is 0 Å². The van der Waals surface area contributed by atoms with Crippen molar-refractivity contribution in [1.82, 2.24) is 0 Å². The second kappa shape index (κ2) is 17.0. The smallest absolute Gasteiger partial charge is 0.323 e. The van der Waals surface area contributed by atoms with Crippen molar-refractivity contribution in [2.45, 2.75) is 50.4 Å². The third kappa shape index (κ3) is 20.1. The van der Waals surface area contributed by atoms with Crippen molar-refractivity contribution < 1.29 is 39.9 Å². The number of nitrogens with two attached hydrogens (primary N) is 4. The summed E-state index contributed by atoms with van der Waals surface area (Å²) in [5.74, 6) is -3.29. The van der Waals surface area contributed by atoms with Gasteiger partial charge in [-0.2, -0.15) is 0 Å². The average Bonchev–Trinajstić information content (AvgIpc) is 2.54. The maximum Gasteiger partial charge on any atom is 0.323 e. The Morgan fingerprint density at radius 3 is 1.48 bits per heavy atom. The van der Waals surface area contributed by atoms with Crippen molar-refractivity contribution in [1.29, 1.82) is 0 Å². The van der Waals surface area contributed by atoms with Gasteiger partial charge < -0.3 is 48.5 Å². The highest BCUT2D eigenvalue weighted by Crippen LogP contribution is 1.96. The minimum absolute atomic E-state index is 0.505. The van der Waals surface area contributed by atoms with Crippen molar-refractivity contribution in [2.24, 2.45) is 22.9 Å². The lowest BCUT2D eigenvalue weighted by Crippen LogP contribution is -2.39. The fourth-order valence-electron chi connectivity index (χ4n) is 0.916. The number of aliphatic hydroxyl groups is 2. The first kappa shape index (κ1) is 28.0. The largest absolute Gasteiger partial charge is 0.480 e. The molecule has 0 heterocycles. The molecule has 150 valence electrons. The summed E-state index contributed by atoms with van der Waals surface area (Å²) in [5, 5.41) is 40.8. The molecule has 4 unspecified atom stereocenters. The third-order valence-corrected chi connectivity index (χ3v) is 2.61. The van der Waals surface area contributed by atoms with Crippen LogP contribution < -0.4 is 22.9 Å². The van der Waals surface area contributed by atoms with Gasteiger partial charge >= 0.3 is 17.9 Å². The molecule has 0 amide bonds. The molecule has 12 heteroatoms. The first-order valence-electron chi connectivity index (χ1n) is 7.36. The maximum absolute atomic E-state index is 10.1. The van der Waals surface area contributed by atoms with E-state index in [2.05, 4.69) is 0 Å². The van der Waals surface area contributed by atoms with E-state index in [4.69, 9.17) is 48.5 Å². The van der Waals surface area contributed by atoms with Crippen LogP contribution in [-0.2, 0) is 14.4 Å². The SMILES string of the molecule is CC(O)C(N)C(=O)O.NC(CO)C(=O)O.NCCCCC(N)C(=O)O. The summed E-state index contributed by atoms with van der Waals surface area (Å²) in [6.07, 6.45) is 1.18. The van der Waals surface area contributed by atoms with Crippen LogP contribution in [-0.4, -0.2) is 80.8 Å². The monoisotopic (exact) mass is 370 g/mol. The van der Waals surface area contributed by atoms with Gasteiger partial charge in [0.15, 0.2) is 0 Å². The standard InChI is InChI=1S/C6H14N2O2.C4H9NO3.C3H7NO3/c7-4-2-1-3-5(8)6(9)10;1-2(6)3(5)4(7)8;4-2(1-5)3(6)7/h5H,1-4,7-8H2,(H,9,10);2-3,6H,5H2,1H3,(H,7,8);2,5H,1,4H2,(H,6,7). The van der Waals surface area contributed by atoms with Crippen LogP contribution in [0, 0.1) is 0 Å². The summed E-state index contributed by atoms with van der Waals surface area (Å²) >= 11 is 0. The van der Waals surface area contributed by atoms with Crippen molar-refractivity contribution in [3.63, 3.8) is 0 Å². The first-order valence-corrected chi connectivity index (χ1v) is 7.36. The van der Waals surface area contributed by atoms with E-state index < -0.39 is 48.7 Å². The van der Waals surface area contributed by atoms with Crippen molar-refractivity contribution in [2.75, 3.05) is 13.2 Å². The molecule has 0 aromatic heterocycles. The molecule has 0 rings (SSSR count).